The Morgan fingerprint density at radius 2 is 1.80 bits per heavy atom. The Hall–Kier alpha value is -2.82. The number of hydrogen-bond acceptors (Lipinski definition) is 3. The van der Waals surface area contributed by atoms with Gasteiger partial charge in [-0.3, -0.25) is 4.79 Å². The van der Waals surface area contributed by atoms with Crippen molar-refractivity contribution in [2.45, 2.75) is 0 Å². The maximum absolute atomic E-state index is 12.4. The van der Waals surface area contributed by atoms with Crippen molar-refractivity contribution < 1.29 is 14.3 Å². The summed E-state index contributed by atoms with van der Waals surface area (Å²) in [7, 11) is 1.30. The molecule has 0 aliphatic carbocycles. The summed E-state index contributed by atoms with van der Waals surface area (Å²) in [5, 5.41) is 0.853. The number of aromatic amines is 2. The van der Waals surface area contributed by atoms with Gasteiger partial charge < -0.3 is 14.7 Å². The summed E-state index contributed by atoms with van der Waals surface area (Å²) in [5.41, 5.74) is 2.08. The lowest BCUT2D eigenvalue weighted by Crippen LogP contribution is -2.04. The number of methoxy groups -OCH3 is 1. The molecule has 0 aliphatic rings. The van der Waals surface area contributed by atoms with Crippen LogP contribution < -0.4 is 0 Å². The number of hydrogen-bond donors (Lipinski definition) is 2. The first-order chi connectivity index (χ1) is 9.70. The molecule has 5 heteroatoms. The van der Waals surface area contributed by atoms with E-state index in [1.807, 2.05) is 24.3 Å². The van der Waals surface area contributed by atoms with Gasteiger partial charge in [0, 0.05) is 22.7 Å². The van der Waals surface area contributed by atoms with E-state index in [4.69, 9.17) is 0 Å². The van der Waals surface area contributed by atoms with E-state index in [2.05, 4.69) is 14.7 Å². The molecule has 100 valence electrons. The second kappa shape index (κ2) is 4.70. The monoisotopic (exact) mass is 268 g/mol. The van der Waals surface area contributed by atoms with Crippen LogP contribution in [-0.4, -0.2) is 28.8 Å². The van der Waals surface area contributed by atoms with Crippen molar-refractivity contribution in [1.82, 2.24) is 9.97 Å². The van der Waals surface area contributed by atoms with Gasteiger partial charge in [-0.1, -0.05) is 18.2 Å². The Kier molecular flexibility index (Phi) is 2.87. The van der Waals surface area contributed by atoms with Crippen molar-refractivity contribution in [3.8, 4) is 0 Å². The molecule has 0 saturated heterocycles. The third kappa shape index (κ3) is 1.89. The SMILES string of the molecule is COC(=O)c1ccc(C(=O)c2c[nH]c3ccccc23)[nH]1. The summed E-state index contributed by atoms with van der Waals surface area (Å²) in [4.78, 5) is 29.7. The van der Waals surface area contributed by atoms with Crippen LogP contribution in [0.25, 0.3) is 10.9 Å². The summed E-state index contributed by atoms with van der Waals surface area (Å²) in [6.07, 6.45) is 1.67. The van der Waals surface area contributed by atoms with E-state index in [0.29, 0.717) is 11.3 Å². The van der Waals surface area contributed by atoms with Crippen molar-refractivity contribution in [3.05, 3.63) is 59.5 Å². The predicted octanol–water partition coefficient (Wildman–Crippen LogP) is 2.51. The number of aromatic nitrogens is 2. The van der Waals surface area contributed by atoms with Crippen LogP contribution in [0.15, 0.2) is 42.6 Å². The molecule has 3 aromatic rings. The third-order valence-electron chi connectivity index (χ3n) is 3.17. The van der Waals surface area contributed by atoms with Gasteiger partial charge in [0.2, 0.25) is 5.78 Å². The van der Waals surface area contributed by atoms with E-state index in [9.17, 15) is 9.59 Å². The zero-order valence-electron chi connectivity index (χ0n) is 10.8. The quantitative estimate of drug-likeness (QED) is 0.566. The van der Waals surface area contributed by atoms with E-state index in [0.717, 1.165) is 10.9 Å². The van der Waals surface area contributed by atoms with Gasteiger partial charge >= 0.3 is 5.97 Å². The van der Waals surface area contributed by atoms with E-state index in [1.165, 1.54) is 13.2 Å². The lowest BCUT2D eigenvalue weighted by molar-refractivity contribution is 0.0595. The Morgan fingerprint density at radius 1 is 1.05 bits per heavy atom. The second-order valence-electron chi connectivity index (χ2n) is 4.35. The van der Waals surface area contributed by atoms with Gasteiger partial charge in [-0.25, -0.2) is 4.79 Å². The highest BCUT2D eigenvalue weighted by atomic mass is 16.5. The molecule has 2 N–H and O–H groups in total. The molecule has 0 amide bonds. The van der Waals surface area contributed by atoms with Gasteiger partial charge in [-0.2, -0.15) is 0 Å². The number of esters is 1. The lowest BCUT2D eigenvalue weighted by Gasteiger charge is -1.97. The van der Waals surface area contributed by atoms with Gasteiger partial charge in [0.05, 0.1) is 12.8 Å². The number of nitrogens with one attached hydrogen (secondary N) is 2. The molecule has 0 atom stereocenters. The minimum absolute atomic E-state index is 0.169. The molecule has 0 aliphatic heterocycles. The van der Waals surface area contributed by atoms with E-state index in [-0.39, 0.29) is 11.5 Å². The highest BCUT2D eigenvalue weighted by molar-refractivity contribution is 6.15. The van der Waals surface area contributed by atoms with Gasteiger partial charge in [-0.15, -0.1) is 0 Å². The first-order valence-corrected chi connectivity index (χ1v) is 6.09. The minimum atomic E-state index is -0.497. The molecule has 0 unspecified atom stereocenters. The van der Waals surface area contributed by atoms with Crippen molar-refractivity contribution in [2.24, 2.45) is 0 Å². The molecule has 0 saturated carbocycles. The molecule has 2 heterocycles. The fourth-order valence-corrected chi connectivity index (χ4v) is 2.16. The topological polar surface area (TPSA) is 75.0 Å². The summed E-state index contributed by atoms with van der Waals surface area (Å²) < 4.78 is 4.60. The number of ketones is 1. The molecule has 0 fully saturated rings. The Morgan fingerprint density at radius 3 is 2.60 bits per heavy atom. The molecule has 2 aromatic heterocycles. The lowest BCUT2D eigenvalue weighted by atomic mass is 10.1. The number of carbonyl (C=O) groups excluding carboxylic acids is 2. The summed E-state index contributed by atoms with van der Waals surface area (Å²) in [6, 6.07) is 10.7. The third-order valence-corrected chi connectivity index (χ3v) is 3.17. The molecule has 3 rings (SSSR count). The number of benzene rings is 1. The van der Waals surface area contributed by atoms with E-state index >= 15 is 0 Å². The van der Waals surface area contributed by atoms with Crippen LogP contribution in [0.4, 0.5) is 0 Å². The highest BCUT2D eigenvalue weighted by Crippen LogP contribution is 2.20. The molecular formula is C15H12N2O3. The van der Waals surface area contributed by atoms with Crippen LogP contribution in [-0.2, 0) is 4.74 Å². The van der Waals surface area contributed by atoms with E-state index < -0.39 is 5.97 Å². The number of rotatable bonds is 3. The number of H-pyrrole nitrogens is 2. The average molecular weight is 268 g/mol. The largest absolute Gasteiger partial charge is 0.464 e. The zero-order valence-corrected chi connectivity index (χ0v) is 10.8. The molecular weight excluding hydrogens is 256 g/mol. The number of para-hydroxylation sites is 1. The summed E-state index contributed by atoms with van der Waals surface area (Å²) >= 11 is 0. The van der Waals surface area contributed by atoms with E-state index in [1.54, 1.807) is 12.3 Å². The molecule has 5 nitrogen and oxygen atoms in total. The molecule has 0 bridgehead atoms. The summed E-state index contributed by atoms with van der Waals surface area (Å²) in [5.74, 6) is -0.666. The standard InChI is InChI=1S/C15H12N2O3/c1-20-15(19)13-7-6-12(17-13)14(18)10-8-16-11-5-3-2-4-9(10)11/h2-8,16-17H,1H3. The first kappa shape index (κ1) is 12.2. The Labute approximate surface area is 114 Å². The van der Waals surface area contributed by atoms with Crippen LogP contribution in [0, 0.1) is 0 Å². The molecule has 0 spiro atoms. The number of ether oxygens (including phenoxy) is 1. The molecule has 20 heavy (non-hydrogen) atoms. The molecule has 1 aromatic carbocycles. The van der Waals surface area contributed by atoms with Crippen LogP contribution in [0.5, 0.6) is 0 Å². The van der Waals surface area contributed by atoms with Crippen molar-refractivity contribution >= 4 is 22.7 Å². The zero-order chi connectivity index (χ0) is 14.1. The van der Waals surface area contributed by atoms with Crippen molar-refractivity contribution in [2.75, 3.05) is 7.11 Å². The number of fused-ring (bicyclic) bond motifs is 1. The minimum Gasteiger partial charge on any atom is -0.464 e. The van der Waals surface area contributed by atoms with Gasteiger partial charge in [0.15, 0.2) is 0 Å². The normalized spacial score (nSPS) is 10.7. The van der Waals surface area contributed by atoms with Gasteiger partial charge in [-0.05, 0) is 18.2 Å². The fraction of sp³-hybridized carbons (Fsp3) is 0.0667. The number of carbonyl (C=O) groups is 2. The van der Waals surface area contributed by atoms with Gasteiger partial charge in [0.1, 0.15) is 5.69 Å². The van der Waals surface area contributed by atoms with Crippen molar-refractivity contribution in [3.63, 3.8) is 0 Å². The smallest absolute Gasteiger partial charge is 0.354 e. The highest BCUT2D eigenvalue weighted by Gasteiger charge is 2.17. The Bertz CT molecular complexity index is 798. The predicted molar refractivity (Wildman–Crippen MR) is 73.9 cm³/mol. The second-order valence-corrected chi connectivity index (χ2v) is 4.35. The van der Waals surface area contributed by atoms with Crippen LogP contribution in [0.2, 0.25) is 0 Å². The van der Waals surface area contributed by atoms with Crippen LogP contribution >= 0.6 is 0 Å². The van der Waals surface area contributed by atoms with Crippen molar-refractivity contribution in [1.29, 1.82) is 0 Å². The fourth-order valence-electron chi connectivity index (χ4n) is 2.16. The maximum Gasteiger partial charge on any atom is 0.354 e. The maximum atomic E-state index is 12.4. The Balaban J connectivity index is 2.00. The first-order valence-electron chi connectivity index (χ1n) is 6.09. The van der Waals surface area contributed by atoms with Gasteiger partial charge in [0.25, 0.3) is 0 Å². The average Bonchev–Trinajstić information content (AvgIpc) is 3.12. The summed E-state index contributed by atoms with van der Waals surface area (Å²) in [6.45, 7) is 0. The molecule has 0 radical (unpaired) electrons. The van der Waals surface area contributed by atoms with Crippen LogP contribution in [0.3, 0.4) is 0 Å². The van der Waals surface area contributed by atoms with Crippen LogP contribution in [0.1, 0.15) is 26.5 Å².